The lowest BCUT2D eigenvalue weighted by molar-refractivity contribution is -0.149. The van der Waals surface area contributed by atoms with Gasteiger partial charge in [-0.05, 0) is 39.3 Å². The lowest BCUT2D eigenvalue weighted by Gasteiger charge is -2.47. The average molecular weight is 255 g/mol. The highest BCUT2D eigenvalue weighted by atomic mass is 16.2. The molecule has 106 valence electrons. The van der Waals surface area contributed by atoms with Crippen LogP contribution in [0.5, 0.6) is 0 Å². The summed E-state index contributed by atoms with van der Waals surface area (Å²) in [5.41, 5.74) is 5.61. The third kappa shape index (κ3) is 3.45. The standard InChI is InChI=1S/C14H29N3O/c1-5-6-17(8-7-16(3)4)13(18)14(11-15)9-12(2)10-14/h12H,5-11,15H2,1-4H3. The minimum atomic E-state index is -0.249. The number of nitrogens with zero attached hydrogens (tertiary/aromatic N) is 2. The van der Waals surface area contributed by atoms with Crippen LogP contribution in [0.2, 0.25) is 0 Å². The Labute approximate surface area is 111 Å². The second-order valence-electron chi connectivity index (χ2n) is 6.09. The van der Waals surface area contributed by atoms with E-state index < -0.39 is 0 Å². The molecule has 1 aliphatic rings. The van der Waals surface area contributed by atoms with E-state index in [0.717, 1.165) is 38.9 Å². The van der Waals surface area contributed by atoms with Crippen molar-refractivity contribution in [1.29, 1.82) is 0 Å². The fourth-order valence-electron chi connectivity index (χ4n) is 2.94. The third-order valence-corrected chi connectivity index (χ3v) is 3.92. The highest BCUT2D eigenvalue weighted by molar-refractivity contribution is 5.84. The molecule has 1 aliphatic carbocycles. The van der Waals surface area contributed by atoms with Crippen molar-refractivity contribution in [3.05, 3.63) is 0 Å². The zero-order chi connectivity index (χ0) is 13.8. The van der Waals surface area contributed by atoms with Gasteiger partial charge in [0, 0.05) is 26.2 Å². The lowest BCUT2D eigenvalue weighted by Crippen LogP contribution is -2.55. The van der Waals surface area contributed by atoms with E-state index in [1.807, 2.05) is 19.0 Å². The molecule has 4 heteroatoms. The summed E-state index contributed by atoms with van der Waals surface area (Å²) in [5, 5.41) is 0. The van der Waals surface area contributed by atoms with Gasteiger partial charge in [0.2, 0.25) is 5.91 Å². The maximum Gasteiger partial charge on any atom is 0.230 e. The first-order chi connectivity index (χ1) is 8.45. The van der Waals surface area contributed by atoms with Crippen LogP contribution in [0.25, 0.3) is 0 Å². The van der Waals surface area contributed by atoms with Crippen LogP contribution < -0.4 is 5.73 Å². The van der Waals surface area contributed by atoms with Crippen LogP contribution in [0.3, 0.4) is 0 Å². The monoisotopic (exact) mass is 255 g/mol. The van der Waals surface area contributed by atoms with Crippen molar-refractivity contribution in [2.24, 2.45) is 17.1 Å². The molecule has 4 nitrogen and oxygen atoms in total. The summed E-state index contributed by atoms with van der Waals surface area (Å²) in [5.74, 6) is 0.932. The van der Waals surface area contributed by atoms with Crippen LogP contribution in [0.15, 0.2) is 0 Å². The molecule has 1 saturated carbocycles. The number of carbonyl (C=O) groups excluding carboxylic acids is 1. The molecule has 1 fully saturated rings. The molecule has 0 spiro atoms. The highest BCUT2D eigenvalue weighted by Crippen LogP contribution is 2.45. The second kappa shape index (κ2) is 6.53. The van der Waals surface area contributed by atoms with Crippen LogP contribution in [-0.2, 0) is 4.79 Å². The number of carbonyl (C=O) groups is 1. The second-order valence-corrected chi connectivity index (χ2v) is 6.09. The Balaban J connectivity index is 2.63. The van der Waals surface area contributed by atoms with Gasteiger partial charge in [-0.3, -0.25) is 4.79 Å². The smallest absolute Gasteiger partial charge is 0.230 e. The molecule has 0 aromatic heterocycles. The minimum Gasteiger partial charge on any atom is -0.341 e. The van der Waals surface area contributed by atoms with Crippen LogP contribution >= 0.6 is 0 Å². The number of nitrogens with two attached hydrogens (primary N) is 1. The van der Waals surface area contributed by atoms with Crippen LogP contribution in [0, 0.1) is 11.3 Å². The van der Waals surface area contributed by atoms with Gasteiger partial charge in [-0.1, -0.05) is 13.8 Å². The molecule has 0 aromatic carbocycles. The van der Waals surface area contributed by atoms with E-state index in [1.165, 1.54) is 0 Å². The first-order valence-corrected chi connectivity index (χ1v) is 7.09. The molecule has 18 heavy (non-hydrogen) atoms. The fraction of sp³-hybridized carbons (Fsp3) is 0.929. The summed E-state index contributed by atoms with van der Waals surface area (Å²) in [7, 11) is 4.08. The molecule has 1 amide bonds. The summed E-state index contributed by atoms with van der Waals surface area (Å²) in [4.78, 5) is 16.8. The SMILES string of the molecule is CCCN(CCN(C)C)C(=O)C1(CN)CC(C)C1. The van der Waals surface area contributed by atoms with Gasteiger partial charge < -0.3 is 15.5 Å². The topological polar surface area (TPSA) is 49.6 Å². The third-order valence-electron chi connectivity index (χ3n) is 3.92. The van der Waals surface area contributed by atoms with Crippen molar-refractivity contribution in [2.75, 3.05) is 40.3 Å². The number of likely N-dealkylation sites (N-methyl/N-ethyl adjacent to an activating group) is 1. The zero-order valence-electron chi connectivity index (χ0n) is 12.4. The van der Waals surface area contributed by atoms with Gasteiger partial charge in [-0.15, -0.1) is 0 Å². The highest BCUT2D eigenvalue weighted by Gasteiger charge is 2.48. The van der Waals surface area contributed by atoms with Crippen LogP contribution in [0.1, 0.15) is 33.1 Å². The molecule has 2 N–H and O–H groups in total. The molecule has 0 aromatic rings. The number of amides is 1. The van der Waals surface area contributed by atoms with E-state index in [2.05, 4.69) is 18.7 Å². The quantitative estimate of drug-likeness (QED) is 0.743. The first kappa shape index (κ1) is 15.4. The maximum atomic E-state index is 12.7. The van der Waals surface area contributed by atoms with E-state index >= 15 is 0 Å². The van der Waals surface area contributed by atoms with E-state index in [1.54, 1.807) is 0 Å². The molecule has 0 bridgehead atoms. The predicted molar refractivity (Wildman–Crippen MR) is 75.3 cm³/mol. The van der Waals surface area contributed by atoms with Crippen molar-refractivity contribution in [2.45, 2.75) is 33.1 Å². The van der Waals surface area contributed by atoms with Crippen molar-refractivity contribution in [3.8, 4) is 0 Å². The molecule has 0 unspecified atom stereocenters. The average Bonchev–Trinajstić information content (AvgIpc) is 2.29. The summed E-state index contributed by atoms with van der Waals surface area (Å²) in [6, 6.07) is 0. The molecule has 0 aliphatic heterocycles. The van der Waals surface area contributed by atoms with Crippen LogP contribution in [0.4, 0.5) is 0 Å². The minimum absolute atomic E-state index is 0.249. The summed E-state index contributed by atoms with van der Waals surface area (Å²) in [6.45, 7) is 7.40. The molecule has 0 heterocycles. The first-order valence-electron chi connectivity index (χ1n) is 7.09. The van der Waals surface area contributed by atoms with E-state index in [-0.39, 0.29) is 11.3 Å². The Kier molecular flexibility index (Phi) is 5.60. The maximum absolute atomic E-state index is 12.7. The number of hydrogen-bond donors (Lipinski definition) is 1. The van der Waals surface area contributed by atoms with Gasteiger partial charge in [-0.2, -0.15) is 0 Å². The molecular weight excluding hydrogens is 226 g/mol. The van der Waals surface area contributed by atoms with Gasteiger partial charge in [0.25, 0.3) is 0 Å². The molecule has 1 rings (SSSR count). The van der Waals surface area contributed by atoms with Crippen LogP contribution in [-0.4, -0.2) is 56.0 Å². The molecule has 0 atom stereocenters. The van der Waals surface area contributed by atoms with Gasteiger partial charge in [0.05, 0.1) is 5.41 Å². The van der Waals surface area contributed by atoms with E-state index in [4.69, 9.17) is 5.73 Å². The van der Waals surface area contributed by atoms with Crippen molar-refractivity contribution in [3.63, 3.8) is 0 Å². The molecule has 0 saturated heterocycles. The van der Waals surface area contributed by atoms with Crippen molar-refractivity contribution < 1.29 is 4.79 Å². The summed E-state index contributed by atoms with van der Waals surface area (Å²) >= 11 is 0. The Morgan fingerprint density at radius 2 is 1.89 bits per heavy atom. The predicted octanol–water partition coefficient (Wildman–Crippen LogP) is 1.16. The Hall–Kier alpha value is -0.610. The molecule has 0 radical (unpaired) electrons. The van der Waals surface area contributed by atoms with Crippen molar-refractivity contribution >= 4 is 5.91 Å². The summed E-state index contributed by atoms with van der Waals surface area (Å²) in [6.07, 6.45) is 2.93. The normalized spacial score (nSPS) is 27.1. The fourth-order valence-corrected chi connectivity index (χ4v) is 2.94. The van der Waals surface area contributed by atoms with Crippen molar-refractivity contribution in [1.82, 2.24) is 9.80 Å². The van der Waals surface area contributed by atoms with Gasteiger partial charge >= 0.3 is 0 Å². The number of rotatable bonds is 7. The number of hydrogen-bond acceptors (Lipinski definition) is 3. The largest absolute Gasteiger partial charge is 0.341 e. The Morgan fingerprint density at radius 1 is 1.28 bits per heavy atom. The van der Waals surface area contributed by atoms with Gasteiger partial charge in [0.1, 0.15) is 0 Å². The zero-order valence-corrected chi connectivity index (χ0v) is 12.4. The van der Waals surface area contributed by atoms with Gasteiger partial charge in [0.15, 0.2) is 0 Å². The molecular formula is C14H29N3O. The van der Waals surface area contributed by atoms with E-state index in [9.17, 15) is 4.79 Å². The van der Waals surface area contributed by atoms with E-state index in [0.29, 0.717) is 12.5 Å². The Morgan fingerprint density at radius 3 is 2.28 bits per heavy atom. The lowest BCUT2D eigenvalue weighted by atomic mass is 9.62. The summed E-state index contributed by atoms with van der Waals surface area (Å²) < 4.78 is 0. The Bertz CT molecular complexity index is 272. The van der Waals surface area contributed by atoms with Gasteiger partial charge in [-0.25, -0.2) is 0 Å².